The molecule has 1 aliphatic heterocycles. The minimum absolute atomic E-state index is 0. The molecule has 0 unspecified atom stereocenters. The second-order valence-corrected chi connectivity index (χ2v) is 4.95. The van der Waals surface area contributed by atoms with E-state index < -0.39 is 0 Å². The molecular weight excluding hydrogens is 297 g/mol. The molecule has 0 aromatic rings. The number of piperidine rings is 1. The number of quaternary nitrogens is 1. The molecule has 0 aromatic heterocycles. The Morgan fingerprint density at radius 2 is 1.53 bits per heavy atom. The highest BCUT2D eigenvalue weighted by molar-refractivity contribution is 4.54. The maximum Gasteiger partial charge on any atom is 0.0786 e. The van der Waals surface area contributed by atoms with Crippen LogP contribution in [0.4, 0.5) is 0 Å². The Hall–Kier alpha value is 0.690. The lowest BCUT2D eigenvalue weighted by molar-refractivity contribution is -0.931. The van der Waals surface area contributed by atoms with E-state index in [9.17, 15) is 0 Å². The predicted octanol–water partition coefficient (Wildman–Crippen LogP) is 0.591. The summed E-state index contributed by atoms with van der Waals surface area (Å²) in [5.74, 6) is 0. The third kappa shape index (κ3) is 5.53. The molecule has 0 N–H and O–H groups in total. The highest BCUT2D eigenvalue weighted by atomic mass is 127. The maximum atomic E-state index is 2.38. The first-order valence-electron chi connectivity index (χ1n) is 6.68. The number of halogens is 1. The van der Waals surface area contributed by atoms with Crippen molar-refractivity contribution in [2.75, 3.05) is 26.2 Å². The lowest BCUT2D eigenvalue weighted by Crippen LogP contribution is -3.00. The Morgan fingerprint density at radius 1 is 0.867 bits per heavy atom. The molecule has 2 heteroatoms. The van der Waals surface area contributed by atoms with Crippen LogP contribution in [-0.2, 0) is 0 Å². The molecule has 0 amide bonds. The minimum Gasteiger partial charge on any atom is -1.00 e. The van der Waals surface area contributed by atoms with Gasteiger partial charge in [-0.3, -0.25) is 0 Å². The summed E-state index contributed by atoms with van der Waals surface area (Å²) in [6.45, 7) is 10.4. The molecule has 15 heavy (non-hydrogen) atoms. The second-order valence-electron chi connectivity index (χ2n) is 4.95. The van der Waals surface area contributed by atoms with Gasteiger partial charge in [0.15, 0.2) is 0 Å². The highest BCUT2D eigenvalue weighted by Gasteiger charge is 2.26. The zero-order chi connectivity index (χ0) is 10.3. The van der Waals surface area contributed by atoms with Crippen molar-refractivity contribution in [3.8, 4) is 0 Å². The molecule has 0 aliphatic carbocycles. The molecule has 1 aliphatic rings. The van der Waals surface area contributed by atoms with Crippen molar-refractivity contribution >= 4 is 0 Å². The van der Waals surface area contributed by atoms with E-state index in [0.717, 1.165) is 0 Å². The van der Waals surface area contributed by atoms with Crippen LogP contribution in [0.15, 0.2) is 0 Å². The average molecular weight is 325 g/mol. The smallest absolute Gasteiger partial charge is 0.0786 e. The summed E-state index contributed by atoms with van der Waals surface area (Å²) >= 11 is 0. The number of nitrogens with zero attached hydrogens (tertiary/aromatic N) is 1. The molecule has 0 saturated carbocycles. The Labute approximate surface area is 113 Å². The molecule has 1 rings (SSSR count). The lowest BCUT2D eigenvalue weighted by Gasteiger charge is -2.41. The third-order valence-electron chi connectivity index (χ3n) is 3.92. The van der Waals surface area contributed by atoms with E-state index >= 15 is 0 Å². The van der Waals surface area contributed by atoms with Crippen molar-refractivity contribution in [1.29, 1.82) is 0 Å². The molecule has 0 atom stereocenters. The zero-order valence-corrected chi connectivity index (χ0v) is 12.8. The molecule has 1 saturated heterocycles. The summed E-state index contributed by atoms with van der Waals surface area (Å²) in [6, 6.07) is 0. The van der Waals surface area contributed by atoms with E-state index in [1.54, 1.807) is 0 Å². The lowest BCUT2D eigenvalue weighted by atomic mass is 10.1. The largest absolute Gasteiger partial charge is 1.00 e. The monoisotopic (exact) mass is 325 g/mol. The molecule has 92 valence electrons. The van der Waals surface area contributed by atoms with Gasteiger partial charge in [0.05, 0.1) is 26.2 Å². The van der Waals surface area contributed by atoms with Gasteiger partial charge in [-0.15, -0.1) is 0 Å². The number of likely N-dealkylation sites (tertiary alicyclic amines) is 1. The third-order valence-corrected chi connectivity index (χ3v) is 3.92. The fraction of sp³-hybridized carbons (Fsp3) is 1.00. The van der Waals surface area contributed by atoms with Gasteiger partial charge in [-0.1, -0.05) is 19.8 Å². The molecule has 1 heterocycles. The fourth-order valence-corrected chi connectivity index (χ4v) is 2.75. The van der Waals surface area contributed by atoms with Gasteiger partial charge in [-0.2, -0.15) is 0 Å². The van der Waals surface area contributed by atoms with Crippen LogP contribution in [0.1, 0.15) is 58.8 Å². The zero-order valence-electron chi connectivity index (χ0n) is 10.6. The Bertz CT molecular complexity index is 141. The van der Waals surface area contributed by atoms with Gasteiger partial charge in [0.2, 0.25) is 0 Å². The van der Waals surface area contributed by atoms with E-state index in [1.165, 1.54) is 75.6 Å². The van der Waals surface area contributed by atoms with Gasteiger partial charge in [-0.05, 0) is 39.0 Å². The standard InChI is InChI=1S/C13H28N.HI/c1-3-5-6-8-11-14(4-2)12-9-7-10-13-14;/h3-13H2,1-2H3;1H/q+1;/p-1. The van der Waals surface area contributed by atoms with Crippen LogP contribution in [0, 0.1) is 0 Å². The van der Waals surface area contributed by atoms with Crippen molar-refractivity contribution in [2.45, 2.75) is 58.8 Å². The van der Waals surface area contributed by atoms with Gasteiger partial charge in [0.1, 0.15) is 0 Å². The summed E-state index contributed by atoms with van der Waals surface area (Å²) < 4.78 is 1.43. The Kier molecular flexibility index (Phi) is 9.20. The van der Waals surface area contributed by atoms with Crippen molar-refractivity contribution in [1.82, 2.24) is 0 Å². The van der Waals surface area contributed by atoms with Gasteiger partial charge in [-0.25, -0.2) is 0 Å². The van der Waals surface area contributed by atoms with E-state index in [-0.39, 0.29) is 24.0 Å². The van der Waals surface area contributed by atoms with Crippen molar-refractivity contribution in [2.24, 2.45) is 0 Å². The van der Waals surface area contributed by atoms with E-state index in [4.69, 9.17) is 0 Å². The van der Waals surface area contributed by atoms with Gasteiger partial charge < -0.3 is 28.5 Å². The summed E-state index contributed by atoms with van der Waals surface area (Å²) in [4.78, 5) is 0. The summed E-state index contributed by atoms with van der Waals surface area (Å²) in [7, 11) is 0. The number of rotatable bonds is 6. The molecule has 1 fully saturated rings. The number of unbranched alkanes of at least 4 members (excludes halogenated alkanes) is 3. The number of hydrogen-bond acceptors (Lipinski definition) is 0. The summed E-state index contributed by atoms with van der Waals surface area (Å²) in [5.41, 5.74) is 0. The fourth-order valence-electron chi connectivity index (χ4n) is 2.75. The Morgan fingerprint density at radius 3 is 2.07 bits per heavy atom. The van der Waals surface area contributed by atoms with Crippen molar-refractivity contribution < 1.29 is 28.5 Å². The van der Waals surface area contributed by atoms with Crippen molar-refractivity contribution in [3.63, 3.8) is 0 Å². The second kappa shape index (κ2) is 8.80. The normalized spacial score (nSPS) is 19.6. The van der Waals surface area contributed by atoms with Crippen LogP contribution in [0.25, 0.3) is 0 Å². The first-order chi connectivity index (χ1) is 6.83. The first-order valence-corrected chi connectivity index (χ1v) is 6.68. The maximum absolute atomic E-state index is 2.38. The Balaban J connectivity index is 0.00000196. The van der Waals surface area contributed by atoms with Crippen molar-refractivity contribution in [3.05, 3.63) is 0 Å². The van der Waals surface area contributed by atoms with Crippen LogP contribution in [0.2, 0.25) is 0 Å². The quantitative estimate of drug-likeness (QED) is 0.381. The van der Waals surface area contributed by atoms with Gasteiger partial charge in [0.25, 0.3) is 0 Å². The van der Waals surface area contributed by atoms with Crippen LogP contribution in [-0.4, -0.2) is 30.7 Å². The van der Waals surface area contributed by atoms with Gasteiger partial charge in [0, 0.05) is 0 Å². The van der Waals surface area contributed by atoms with Crippen LogP contribution >= 0.6 is 0 Å². The average Bonchev–Trinajstić information content (AvgIpc) is 2.26. The van der Waals surface area contributed by atoms with E-state index in [2.05, 4.69) is 13.8 Å². The van der Waals surface area contributed by atoms with Crippen LogP contribution in [0.3, 0.4) is 0 Å². The molecule has 0 radical (unpaired) electrons. The molecule has 1 nitrogen and oxygen atoms in total. The molecular formula is C13H28IN. The summed E-state index contributed by atoms with van der Waals surface area (Å²) in [6.07, 6.45) is 10.1. The topological polar surface area (TPSA) is 0 Å². The first kappa shape index (κ1) is 15.7. The highest BCUT2D eigenvalue weighted by Crippen LogP contribution is 2.19. The van der Waals surface area contributed by atoms with Crippen LogP contribution in [0.5, 0.6) is 0 Å². The summed E-state index contributed by atoms with van der Waals surface area (Å²) in [5, 5.41) is 0. The molecule has 0 spiro atoms. The molecule has 0 bridgehead atoms. The van der Waals surface area contributed by atoms with Gasteiger partial charge >= 0.3 is 0 Å². The number of hydrogen-bond donors (Lipinski definition) is 0. The SMILES string of the molecule is CCCCCC[N+]1(CC)CCCCC1.[I-]. The predicted molar refractivity (Wildman–Crippen MR) is 63.4 cm³/mol. The van der Waals surface area contributed by atoms with E-state index in [1.807, 2.05) is 0 Å². The van der Waals surface area contributed by atoms with Crippen LogP contribution < -0.4 is 24.0 Å². The molecule has 0 aromatic carbocycles. The van der Waals surface area contributed by atoms with E-state index in [0.29, 0.717) is 0 Å². The minimum atomic E-state index is 0.